The number of aryl methyl sites for hydroxylation is 1. The normalized spacial score (nSPS) is 22.8. The molecule has 4 heteroatoms. The van der Waals surface area contributed by atoms with Crippen molar-refractivity contribution in [3.05, 3.63) is 29.8 Å². The SMILES string of the molecule is Cc1ccc(NC(=O)NCC2(C)CCCNC2)cc1. The Labute approximate surface area is 115 Å². The Morgan fingerprint density at radius 2 is 2.11 bits per heavy atom. The van der Waals surface area contributed by atoms with Gasteiger partial charge in [0.2, 0.25) is 0 Å². The van der Waals surface area contributed by atoms with Gasteiger partial charge < -0.3 is 16.0 Å². The van der Waals surface area contributed by atoms with Crippen molar-refractivity contribution in [2.24, 2.45) is 5.41 Å². The van der Waals surface area contributed by atoms with Crippen LogP contribution in [-0.4, -0.2) is 25.7 Å². The minimum Gasteiger partial charge on any atom is -0.337 e. The van der Waals surface area contributed by atoms with Crippen LogP contribution < -0.4 is 16.0 Å². The van der Waals surface area contributed by atoms with Gasteiger partial charge in [-0.25, -0.2) is 4.79 Å². The molecule has 3 N–H and O–H groups in total. The topological polar surface area (TPSA) is 53.2 Å². The summed E-state index contributed by atoms with van der Waals surface area (Å²) in [6, 6.07) is 7.68. The first-order valence-electron chi connectivity index (χ1n) is 6.90. The average Bonchev–Trinajstić information content (AvgIpc) is 2.40. The Hall–Kier alpha value is -1.55. The highest BCUT2D eigenvalue weighted by Gasteiger charge is 2.26. The van der Waals surface area contributed by atoms with Crippen LogP contribution in [0.5, 0.6) is 0 Å². The summed E-state index contributed by atoms with van der Waals surface area (Å²) in [6.45, 7) is 7.01. The van der Waals surface area contributed by atoms with E-state index in [-0.39, 0.29) is 11.4 Å². The third-order valence-electron chi connectivity index (χ3n) is 3.67. The highest BCUT2D eigenvalue weighted by molar-refractivity contribution is 5.89. The van der Waals surface area contributed by atoms with Gasteiger partial charge in [-0.1, -0.05) is 24.6 Å². The number of amides is 2. The molecule has 1 aliphatic heterocycles. The Morgan fingerprint density at radius 1 is 1.37 bits per heavy atom. The van der Waals surface area contributed by atoms with Gasteiger partial charge in [0, 0.05) is 18.8 Å². The molecule has 4 nitrogen and oxygen atoms in total. The first-order chi connectivity index (χ1) is 9.07. The minimum absolute atomic E-state index is 0.129. The molecule has 1 aromatic rings. The molecule has 1 heterocycles. The minimum atomic E-state index is -0.129. The second kappa shape index (κ2) is 6.06. The maximum Gasteiger partial charge on any atom is 0.319 e. The molecule has 1 atom stereocenters. The van der Waals surface area contributed by atoms with Crippen molar-refractivity contribution in [1.29, 1.82) is 0 Å². The lowest BCUT2D eigenvalue weighted by Gasteiger charge is -2.34. The van der Waals surface area contributed by atoms with Crippen LogP contribution in [0.3, 0.4) is 0 Å². The maximum absolute atomic E-state index is 11.8. The maximum atomic E-state index is 11.8. The third-order valence-corrected chi connectivity index (χ3v) is 3.67. The zero-order valence-electron chi connectivity index (χ0n) is 11.8. The summed E-state index contributed by atoms with van der Waals surface area (Å²) in [5.41, 5.74) is 2.19. The molecular weight excluding hydrogens is 238 g/mol. The monoisotopic (exact) mass is 261 g/mol. The predicted octanol–water partition coefficient (Wildman–Crippen LogP) is 2.51. The summed E-state index contributed by atoms with van der Waals surface area (Å²) in [5.74, 6) is 0. The number of carbonyl (C=O) groups is 1. The molecule has 1 unspecified atom stereocenters. The van der Waals surface area contributed by atoms with E-state index in [2.05, 4.69) is 22.9 Å². The second-order valence-electron chi connectivity index (χ2n) is 5.76. The van der Waals surface area contributed by atoms with E-state index in [4.69, 9.17) is 0 Å². The number of rotatable bonds is 3. The van der Waals surface area contributed by atoms with Gasteiger partial charge in [0.25, 0.3) is 0 Å². The lowest BCUT2D eigenvalue weighted by Crippen LogP contribution is -2.46. The van der Waals surface area contributed by atoms with Crippen molar-refractivity contribution in [2.45, 2.75) is 26.7 Å². The molecule has 0 spiro atoms. The fourth-order valence-corrected chi connectivity index (χ4v) is 2.38. The molecular formula is C15H23N3O. The third kappa shape index (κ3) is 4.24. The Bertz CT molecular complexity index is 422. The number of hydrogen-bond acceptors (Lipinski definition) is 2. The van der Waals surface area contributed by atoms with Crippen molar-refractivity contribution >= 4 is 11.7 Å². The van der Waals surface area contributed by atoms with E-state index in [0.717, 1.165) is 25.2 Å². The second-order valence-corrected chi connectivity index (χ2v) is 5.76. The van der Waals surface area contributed by atoms with Gasteiger partial charge in [0.15, 0.2) is 0 Å². The summed E-state index contributed by atoms with van der Waals surface area (Å²) in [4.78, 5) is 11.8. The average molecular weight is 261 g/mol. The molecule has 0 bridgehead atoms. The van der Waals surface area contributed by atoms with Crippen LogP contribution in [0.2, 0.25) is 0 Å². The number of urea groups is 1. The molecule has 19 heavy (non-hydrogen) atoms. The molecule has 1 fully saturated rings. The standard InChI is InChI=1S/C15H23N3O/c1-12-4-6-13(7-5-12)18-14(19)17-11-15(2)8-3-9-16-10-15/h4-7,16H,3,8-11H2,1-2H3,(H2,17,18,19). The molecule has 1 aromatic carbocycles. The van der Waals surface area contributed by atoms with Crippen molar-refractivity contribution in [3.63, 3.8) is 0 Å². The Balaban J connectivity index is 1.79. The molecule has 2 amide bonds. The fraction of sp³-hybridized carbons (Fsp3) is 0.533. The van der Waals surface area contributed by atoms with Crippen LogP contribution in [0.15, 0.2) is 24.3 Å². The zero-order chi connectivity index (χ0) is 13.7. The van der Waals surface area contributed by atoms with Gasteiger partial charge in [0.05, 0.1) is 0 Å². The zero-order valence-corrected chi connectivity index (χ0v) is 11.8. The van der Waals surface area contributed by atoms with Crippen molar-refractivity contribution in [3.8, 4) is 0 Å². The van der Waals surface area contributed by atoms with E-state index in [1.807, 2.05) is 31.2 Å². The van der Waals surface area contributed by atoms with Gasteiger partial charge in [0.1, 0.15) is 0 Å². The summed E-state index contributed by atoms with van der Waals surface area (Å²) in [7, 11) is 0. The van der Waals surface area contributed by atoms with Crippen molar-refractivity contribution in [1.82, 2.24) is 10.6 Å². The smallest absolute Gasteiger partial charge is 0.319 e. The number of nitrogens with one attached hydrogen (secondary N) is 3. The molecule has 0 saturated carbocycles. The van der Waals surface area contributed by atoms with Gasteiger partial charge in [-0.2, -0.15) is 0 Å². The van der Waals surface area contributed by atoms with Gasteiger partial charge in [-0.3, -0.25) is 0 Å². The Morgan fingerprint density at radius 3 is 2.74 bits per heavy atom. The Kier molecular flexibility index (Phi) is 4.43. The van der Waals surface area contributed by atoms with Gasteiger partial charge >= 0.3 is 6.03 Å². The summed E-state index contributed by atoms with van der Waals surface area (Å²) >= 11 is 0. The molecule has 1 saturated heterocycles. The first kappa shape index (κ1) is 13.9. The fourth-order valence-electron chi connectivity index (χ4n) is 2.38. The van der Waals surface area contributed by atoms with E-state index in [1.54, 1.807) is 0 Å². The number of piperidine rings is 1. The van der Waals surface area contributed by atoms with Crippen molar-refractivity contribution < 1.29 is 4.79 Å². The van der Waals surface area contributed by atoms with Gasteiger partial charge in [-0.15, -0.1) is 0 Å². The molecule has 104 valence electrons. The number of hydrogen-bond donors (Lipinski definition) is 3. The van der Waals surface area contributed by atoms with Gasteiger partial charge in [-0.05, 0) is 43.9 Å². The van der Waals surface area contributed by atoms with Crippen LogP contribution in [0.25, 0.3) is 0 Å². The predicted molar refractivity (Wildman–Crippen MR) is 78.4 cm³/mol. The van der Waals surface area contributed by atoms with Crippen LogP contribution in [0, 0.1) is 12.3 Å². The van der Waals surface area contributed by atoms with E-state index in [1.165, 1.54) is 12.0 Å². The quantitative estimate of drug-likeness (QED) is 0.783. The number of benzene rings is 1. The molecule has 0 radical (unpaired) electrons. The summed E-state index contributed by atoms with van der Waals surface area (Å²) < 4.78 is 0. The molecule has 1 aliphatic rings. The summed E-state index contributed by atoms with van der Waals surface area (Å²) in [5, 5.41) is 9.20. The molecule has 0 aromatic heterocycles. The van der Waals surface area contributed by atoms with E-state index < -0.39 is 0 Å². The van der Waals surface area contributed by atoms with Crippen LogP contribution in [-0.2, 0) is 0 Å². The molecule has 0 aliphatic carbocycles. The number of anilines is 1. The first-order valence-corrected chi connectivity index (χ1v) is 6.90. The van der Waals surface area contributed by atoms with Crippen molar-refractivity contribution in [2.75, 3.05) is 25.0 Å². The van der Waals surface area contributed by atoms with Crippen LogP contribution in [0.1, 0.15) is 25.3 Å². The number of carbonyl (C=O) groups excluding carboxylic acids is 1. The largest absolute Gasteiger partial charge is 0.337 e. The van der Waals surface area contributed by atoms with E-state index >= 15 is 0 Å². The van der Waals surface area contributed by atoms with E-state index in [0.29, 0.717) is 6.54 Å². The highest BCUT2D eigenvalue weighted by atomic mass is 16.2. The van der Waals surface area contributed by atoms with Crippen LogP contribution in [0.4, 0.5) is 10.5 Å². The molecule has 2 rings (SSSR count). The lowest BCUT2D eigenvalue weighted by atomic mass is 9.83. The van der Waals surface area contributed by atoms with E-state index in [9.17, 15) is 4.79 Å². The van der Waals surface area contributed by atoms with Crippen LogP contribution >= 0.6 is 0 Å². The summed E-state index contributed by atoms with van der Waals surface area (Å²) in [6.07, 6.45) is 2.34. The highest BCUT2D eigenvalue weighted by Crippen LogP contribution is 2.24. The lowest BCUT2D eigenvalue weighted by molar-refractivity contribution is 0.217.